The lowest BCUT2D eigenvalue weighted by Gasteiger charge is -2.28. The molecule has 1 atom stereocenters. The van der Waals surface area contributed by atoms with E-state index in [1.54, 1.807) is 28.9 Å². The third kappa shape index (κ3) is 3.33. The number of hydrogen-bond donors (Lipinski definition) is 0. The first kappa shape index (κ1) is 21.5. The van der Waals surface area contributed by atoms with Crippen LogP contribution in [0.1, 0.15) is 30.1 Å². The van der Waals surface area contributed by atoms with E-state index >= 15 is 8.78 Å². The van der Waals surface area contributed by atoms with Crippen LogP contribution in [-0.2, 0) is 11.8 Å². The topological polar surface area (TPSA) is 72.1 Å². The number of rotatable bonds is 5. The minimum absolute atomic E-state index is 0.0651. The average Bonchev–Trinajstić information content (AvgIpc) is 3.26. The molecule has 1 aromatic heterocycles. The Labute approximate surface area is 196 Å². The quantitative estimate of drug-likeness (QED) is 0.509. The third-order valence-electron chi connectivity index (χ3n) is 6.46. The molecule has 35 heavy (non-hydrogen) atoms. The van der Waals surface area contributed by atoms with E-state index in [4.69, 9.17) is 0 Å². The molecule has 1 fully saturated rings. The molecule has 178 valence electrons. The number of benzene rings is 2. The molecule has 3 aliphatic rings. The summed E-state index contributed by atoms with van der Waals surface area (Å²) in [5, 5.41) is 4.42. The molecule has 1 aliphatic carbocycles. The zero-order valence-corrected chi connectivity index (χ0v) is 18.3. The second-order valence-corrected chi connectivity index (χ2v) is 8.65. The molecule has 1 saturated carbocycles. The van der Waals surface area contributed by atoms with Crippen LogP contribution in [0, 0.1) is 11.6 Å². The van der Waals surface area contributed by atoms with Gasteiger partial charge < -0.3 is 9.64 Å². The summed E-state index contributed by atoms with van der Waals surface area (Å²) in [6.07, 6.45) is 2.87. The van der Waals surface area contributed by atoms with Crippen LogP contribution in [0.2, 0.25) is 0 Å². The van der Waals surface area contributed by atoms with E-state index in [0.717, 1.165) is 12.1 Å². The molecule has 1 amide bonds. The van der Waals surface area contributed by atoms with Crippen molar-refractivity contribution in [3.05, 3.63) is 71.6 Å². The summed E-state index contributed by atoms with van der Waals surface area (Å²) in [5.41, 5.74) is 0.0449. The van der Waals surface area contributed by atoms with E-state index < -0.39 is 29.8 Å². The fraction of sp³-hybridized carbons (Fsp3) is 0.250. The van der Waals surface area contributed by atoms with Gasteiger partial charge in [-0.2, -0.15) is 18.9 Å². The van der Waals surface area contributed by atoms with Crippen LogP contribution in [0.3, 0.4) is 0 Å². The molecule has 1 spiro atoms. The zero-order valence-electron chi connectivity index (χ0n) is 18.3. The standard InChI is InChI=1S/C24H17F4N5O2/c1-32-9-6-17(31-32)20-19(29-23-30-21(34)24(7-8-24)33(20)23)18-15(25)10-13(11-16(18)26)12-2-4-14(5-3-12)35-22(27)28/h2-6,9-11,20,22H,7-8H2,1H3. The van der Waals surface area contributed by atoms with Crippen LogP contribution in [0.15, 0.2) is 58.6 Å². The maximum atomic E-state index is 15.5. The van der Waals surface area contributed by atoms with Crippen molar-refractivity contribution in [1.29, 1.82) is 0 Å². The lowest BCUT2D eigenvalue weighted by molar-refractivity contribution is -0.121. The summed E-state index contributed by atoms with van der Waals surface area (Å²) in [5.74, 6) is -1.94. The highest BCUT2D eigenvalue weighted by Crippen LogP contribution is 2.53. The Morgan fingerprint density at radius 3 is 2.29 bits per heavy atom. The summed E-state index contributed by atoms with van der Waals surface area (Å²) in [7, 11) is 1.72. The molecule has 11 heteroatoms. The van der Waals surface area contributed by atoms with Gasteiger partial charge in [0.15, 0.2) is 0 Å². The van der Waals surface area contributed by atoms with Crippen LogP contribution in [0.4, 0.5) is 17.6 Å². The summed E-state index contributed by atoms with van der Waals surface area (Å²) in [6.45, 7) is -2.97. The van der Waals surface area contributed by atoms with Crippen LogP contribution in [-0.4, -0.2) is 44.4 Å². The normalized spacial score (nSPS) is 19.9. The van der Waals surface area contributed by atoms with E-state index in [1.165, 1.54) is 24.3 Å². The first-order valence-electron chi connectivity index (χ1n) is 10.8. The van der Waals surface area contributed by atoms with Crippen LogP contribution in [0.25, 0.3) is 11.1 Å². The van der Waals surface area contributed by atoms with Gasteiger partial charge in [-0.15, -0.1) is 0 Å². The Morgan fingerprint density at radius 2 is 1.71 bits per heavy atom. The van der Waals surface area contributed by atoms with Gasteiger partial charge in [-0.25, -0.2) is 13.8 Å². The summed E-state index contributed by atoms with van der Waals surface area (Å²) in [4.78, 5) is 22.7. The van der Waals surface area contributed by atoms with E-state index in [1.807, 2.05) is 0 Å². The number of ether oxygens (including phenoxy) is 1. The Balaban J connectivity index is 1.41. The average molecular weight is 483 g/mol. The predicted octanol–water partition coefficient (Wildman–Crippen LogP) is 4.24. The summed E-state index contributed by atoms with van der Waals surface area (Å²) >= 11 is 0. The van der Waals surface area contributed by atoms with Gasteiger partial charge in [-0.3, -0.25) is 9.48 Å². The van der Waals surface area contributed by atoms with Crippen LogP contribution >= 0.6 is 0 Å². The Hall–Kier alpha value is -4.02. The maximum Gasteiger partial charge on any atom is 0.387 e. The molecule has 6 rings (SSSR count). The van der Waals surface area contributed by atoms with Gasteiger partial charge in [0.05, 0.1) is 17.0 Å². The number of guanidine groups is 1. The van der Waals surface area contributed by atoms with E-state index in [-0.39, 0.29) is 34.5 Å². The molecular formula is C24H17F4N5O2. The monoisotopic (exact) mass is 483 g/mol. The van der Waals surface area contributed by atoms with Crippen LogP contribution in [0.5, 0.6) is 5.75 Å². The first-order valence-corrected chi connectivity index (χ1v) is 10.8. The molecule has 1 unspecified atom stereocenters. The Kier molecular flexibility index (Phi) is 4.60. The lowest BCUT2D eigenvalue weighted by Crippen LogP contribution is -2.42. The van der Waals surface area contributed by atoms with Gasteiger partial charge in [0.1, 0.15) is 29.0 Å². The van der Waals surface area contributed by atoms with Crippen molar-refractivity contribution in [3.63, 3.8) is 0 Å². The van der Waals surface area contributed by atoms with Gasteiger partial charge >= 0.3 is 6.61 Å². The number of aryl methyl sites for hydroxylation is 1. The predicted molar refractivity (Wildman–Crippen MR) is 117 cm³/mol. The van der Waals surface area contributed by atoms with E-state index in [2.05, 4.69) is 19.8 Å². The SMILES string of the molecule is Cn1ccc(C2C(c3c(F)cc(-c4ccc(OC(F)F)cc4)cc3F)=NC3=NC(=O)C4(CC4)N32)n1. The number of fused-ring (bicyclic) bond motifs is 2. The lowest BCUT2D eigenvalue weighted by atomic mass is 9.95. The first-order chi connectivity index (χ1) is 16.8. The van der Waals surface area contributed by atoms with Gasteiger partial charge in [0.25, 0.3) is 5.91 Å². The number of hydrogen-bond acceptors (Lipinski definition) is 5. The fourth-order valence-electron chi connectivity index (χ4n) is 4.71. The number of aliphatic imine (C=N–C) groups is 2. The van der Waals surface area contributed by atoms with Crippen molar-refractivity contribution >= 4 is 17.6 Å². The molecule has 3 aromatic rings. The molecule has 2 aromatic carbocycles. The molecule has 2 aliphatic heterocycles. The van der Waals surface area contributed by atoms with Crippen molar-refractivity contribution in [2.45, 2.75) is 31.0 Å². The summed E-state index contributed by atoms with van der Waals surface area (Å²) < 4.78 is 61.6. The van der Waals surface area contributed by atoms with Crippen molar-refractivity contribution in [2.24, 2.45) is 17.0 Å². The molecular weight excluding hydrogens is 466 g/mol. The largest absolute Gasteiger partial charge is 0.435 e. The molecule has 0 N–H and O–H groups in total. The fourth-order valence-corrected chi connectivity index (χ4v) is 4.71. The number of aromatic nitrogens is 2. The van der Waals surface area contributed by atoms with Gasteiger partial charge in [-0.05, 0) is 54.3 Å². The van der Waals surface area contributed by atoms with Crippen LogP contribution < -0.4 is 4.74 Å². The number of carbonyl (C=O) groups excluding carboxylic acids is 1. The van der Waals surface area contributed by atoms with Crippen molar-refractivity contribution in [3.8, 4) is 16.9 Å². The van der Waals surface area contributed by atoms with Gasteiger partial charge in [0.2, 0.25) is 5.96 Å². The third-order valence-corrected chi connectivity index (χ3v) is 6.46. The minimum atomic E-state index is -2.97. The minimum Gasteiger partial charge on any atom is -0.435 e. The number of halogens is 4. The smallest absolute Gasteiger partial charge is 0.387 e. The molecule has 0 radical (unpaired) electrons. The van der Waals surface area contributed by atoms with Gasteiger partial charge in [0, 0.05) is 13.2 Å². The Bertz CT molecular complexity index is 1400. The highest BCUT2D eigenvalue weighted by atomic mass is 19.3. The van der Waals surface area contributed by atoms with Crippen molar-refractivity contribution in [1.82, 2.24) is 14.7 Å². The van der Waals surface area contributed by atoms with Crippen molar-refractivity contribution < 1.29 is 27.1 Å². The molecule has 3 heterocycles. The number of nitrogens with zero attached hydrogens (tertiary/aromatic N) is 5. The molecule has 0 bridgehead atoms. The Morgan fingerprint density at radius 1 is 1.03 bits per heavy atom. The second kappa shape index (κ2) is 7.49. The van der Waals surface area contributed by atoms with E-state index in [0.29, 0.717) is 24.1 Å². The number of alkyl halides is 2. The number of carbonyl (C=O) groups is 1. The van der Waals surface area contributed by atoms with Crippen molar-refractivity contribution in [2.75, 3.05) is 0 Å². The molecule has 7 nitrogen and oxygen atoms in total. The summed E-state index contributed by atoms with van der Waals surface area (Å²) in [6, 6.07) is 8.71. The molecule has 0 saturated heterocycles. The highest BCUT2D eigenvalue weighted by molar-refractivity contribution is 6.21. The van der Waals surface area contributed by atoms with Gasteiger partial charge in [-0.1, -0.05) is 12.1 Å². The zero-order chi connectivity index (χ0) is 24.5. The maximum absolute atomic E-state index is 15.5. The second-order valence-electron chi connectivity index (χ2n) is 8.65. The highest BCUT2D eigenvalue weighted by Gasteiger charge is 2.64. The number of amides is 1. The van der Waals surface area contributed by atoms with E-state index in [9.17, 15) is 13.6 Å².